The SMILES string of the molecule is COc1ccc(C(=O)N2CCN(C(=O)CCN)CC2)c(OC)c1OC. The highest BCUT2D eigenvalue weighted by atomic mass is 16.5. The first kappa shape index (κ1) is 18.9. The zero-order valence-corrected chi connectivity index (χ0v) is 14.9. The predicted molar refractivity (Wildman–Crippen MR) is 92.3 cm³/mol. The molecule has 0 radical (unpaired) electrons. The minimum atomic E-state index is -0.163. The van der Waals surface area contributed by atoms with Crippen molar-refractivity contribution in [2.45, 2.75) is 6.42 Å². The molecule has 138 valence electrons. The van der Waals surface area contributed by atoms with Gasteiger partial charge in [0.05, 0.1) is 26.9 Å². The van der Waals surface area contributed by atoms with Crippen LogP contribution >= 0.6 is 0 Å². The second-order valence-corrected chi connectivity index (χ2v) is 5.59. The molecular formula is C17H25N3O5. The highest BCUT2D eigenvalue weighted by molar-refractivity contribution is 5.98. The Bertz CT molecular complexity index is 627. The van der Waals surface area contributed by atoms with Crippen LogP contribution in [0.3, 0.4) is 0 Å². The fourth-order valence-electron chi connectivity index (χ4n) is 2.88. The van der Waals surface area contributed by atoms with Gasteiger partial charge in [0.25, 0.3) is 5.91 Å². The van der Waals surface area contributed by atoms with E-state index in [1.165, 1.54) is 21.3 Å². The van der Waals surface area contributed by atoms with Crippen LogP contribution < -0.4 is 19.9 Å². The molecule has 8 heteroatoms. The van der Waals surface area contributed by atoms with E-state index < -0.39 is 0 Å². The summed E-state index contributed by atoms with van der Waals surface area (Å²) in [6.45, 7) is 2.26. The molecule has 1 aromatic carbocycles. The molecular weight excluding hydrogens is 326 g/mol. The molecule has 2 rings (SSSR count). The molecule has 0 unspecified atom stereocenters. The van der Waals surface area contributed by atoms with Gasteiger partial charge in [-0.2, -0.15) is 0 Å². The van der Waals surface area contributed by atoms with Crippen molar-refractivity contribution >= 4 is 11.8 Å². The first-order valence-corrected chi connectivity index (χ1v) is 8.13. The van der Waals surface area contributed by atoms with E-state index in [9.17, 15) is 9.59 Å². The van der Waals surface area contributed by atoms with Gasteiger partial charge in [-0.05, 0) is 12.1 Å². The van der Waals surface area contributed by atoms with E-state index in [1.807, 2.05) is 0 Å². The first-order valence-electron chi connectivity index (χ1n) is 8.13. The van der Waals surface area contributed by atoms with Gasteiger partial charge < -0.3 is 29.7 Å². The third-order valence-electron chi connectivity index (χ3n) is 4.21. The molecule has 0 aromatic heterocycles. The zero-order chi connectivity index (χ0) is 18.4. The summed E-state index contributed by atoms with van der Waals surface area (Å²) in [4.78, 5) is 28.2. The van der Waals surface area contributed by atoms with E-state index >= 15 is 0 Å². The molecule has 0 saturated carbocycles. The minimum absolute atomic E-state index is 0.0262. The summed E-state index contributed by atoms with van der Waals surface area (Å²) < 4.78 is 15.9. The number of methoxy groups -OCH3 is 3. The van der Waals surface area contributed by atoms with Crippen molar-refractivity contribution in [2.24, 2.45) is 5.73 Å². The van der Waals surface area contributed by atoms with E-state index in [0.29, 0.717) is 62.0 Å². The van der Waals surface area contributed by atoms with Crippen LogP contribution in [0.25, 0.3) is 0 Å². The molecule has 0 aliphatic carbocycles. The lowest BCUT2D eigenvalue weighted by molar-refractivity contribution is -0.132. The average Bonchev–Trinajstić information content (AvgIpc) is 2.66. The lowest BCUT2D eigenvalue weighted by Crippen LogP contribution is -2.50. The van der Waals surface area contributed by atoms with Gasteiger partial charge in [0.2, 0.25) is 11.7 Å². The van der Waals surface area contributed by atoms with Gasteiger partial charge in [-0.25, -0.2) is 0 Å². The summed E-state index contributed by atoms with van der Waals surface area (Å²) in [5, 5.41) is 0. The van der Waals surface area contributed by atoms with Gasteiger partial charge in [-0.1, -0.05) is 0 Å². The molecule has 8 nitrogen and oxygen atoms in total. The van der Waals surface area contributed by atoms with Gasteiger partial charge in [0, 0.05) is 39.1 Å². The number of benzene rings is 1. The Morgan fingerprint density at radius 2 is 1.56 bits per heavy atom. The van der Waals surface area contributed by atoms with Crippen LogP contribution in [0.5, 0.6) is 17.2 Å². The van der Waals surface area contributed by atoms with Crippen molar-refractivity contribution in [1.82, 2.24) is 9.80 Å². The van der Waals surface area contributed by atoms with E-state index in [2.05, 4.69) is 0 Å². The maximum absolute atomic E-state index is 12.9. The predicted octanol–water partition coefficient (Wildman–Crippen LogP) is 0.346. The highest BCUT2D eigenvalue weighted by Gasteiger charge is 2.28. The third kappa shape index (κ3) is 3.96. The van der Waals surface area contributed by atoms with Crippen molar-refractivity contribution in [3.05, 3.63) is 17.7 Å². The molecule has 0 bridgehead atoms. The zero-order valence-electron chi connectivity index (χ0n) is 14.9. The monoisotopic (exact) mass is 351 g/mol. The van der Waals surface area contributed by atoms with Gasteiger partial charge in [-0.3, -0.25) is 9.59 Å². The van der Waals surface area contributed by atoms with Crippen molar-refractivity contribution in [3.63, 3.8) is 0 Å². The summed E-state index contributed by atoms with van der Waals surface area (Å²) in [5.41, 5.74) is 5.83. The lowest BCUT2D eigenvalue weighted by Gasteiger charge is -2.35. The van der Waals surface area contributed by atoms with Crippen molar-refractivity contribution in [1.29, 1.82) is 0 Å². The Labute approximate surface area is 147 Å². The molecule has 1 aliphatic rings. The van der Waals surface area contributed by atoms with Gasteiger partial charge in [0.1, 0.15) is 0 Å². The second-order valence-electron chi connectivity index (χ2n) is 5.59. The Balaban J connectivity index is 2.15. The Kier molecular flexibility index (Phi) is 6.46. The van der Waals surface area contributed by atoms with Crippen LogP contribution in [0.15, 0.2) is 12.1 Å². The number of amides is 2. The average molecular weight is 351 g/mol. The lowest BCUT2D eigenvalue weighted by atomic mass is 10.1. The summed E-state index contributed by atoms with van der Waals surface area (Å²) in [6, 6.07) is 3.34. The van der Waals surface area contributed by atoms with Crippen LogP contribution in [-0.4, -0.2) is 75.7 Å². The third-order valence-corrected chi connectivity index (χ3v) is 4.21. The maximum Gasteiger partial charge on any atom is 0.257 e. The Morgan fingerprint density at radius 3 is 2.08 bits per heavy atom. The molecule has 1 heterocycles. The maximum atomic E-state index is 12.9. The normalized spacial score (nSPS) is 14.2. The standard InChI is InChI=1S/C17H25N3O5/c1-23-13-5-4-12(15(24-2)16(13)25-3)17(22)20-10-8-19(9-11-20)14(21)6-7-18/h4-5H,6-11,18H2,1-3H3. The van der Waals surface area contributed by atoms with E-state index in [-0.39, 0.29) is 11.8 Å². The Hall–Kier alpha value is -2.48. The van der Waals surface area contributed by atoms with Crippen molar-refractivity contribution < 1.29 is 23.8 Å². The van der Waals surface area contributed by atoms with Crippen LogP contribution in [-0.2, 0) is 4.79 Å². The number of nitrogens with two attached hydrogens (primary N) is 1. The largest absolute Gasteiger partial charge is 0.493 e. The van der Waals surface area contributed by atoms with Gasteiger partial charge >= 0.3 is 0 Å². The number of hydrogen-bond acceptors (Lipinski definition) is 6. The van der Waals surface area contributed by atoms with Crippen molar-refractivity contribution in [3.8, 4) is 17.2 Å². The molecule has 1 aromatic rings. The quantitative estimate of drug-likeness (QED) is 0.795. The molecule has 1 saturated heterocycles. The van der Waals surface area contributed by atoms with Crippen LogP contribution in [0.4, 0.5) is 0 Å². The van der Waals surface area contributed by atoms with Crippen LogP contribution in [0.2, 0.25) is 0 Å². The molecule has 25 heavy (non-hydrogen) atoms. The molecule has 0 atom stereocenters. The number of hydrogen-bond donors (Lipinski definition) is 1. The number of carbonyl (C=O) groups is 2. The number of piperazine rings is 1. The fourth-order valence-corrected chi connectivity index (χ4v) is 2.88. The van der Waals surface area contributed by atoms with Crippen molar-refractivity contribution in [2.75, 3.05) is 54.1 Å². The number of ether oxygens (including phenoxy) is 3. The van der Waals surface area contributed by atoms with Crippen LogP contribution in [0, 0.1) is 0 Å². The van der Waals surface area contributed by atoms with E-state index in [0.717, 1.165) is 0 Å². The van der Waals surface area contributed by atoms with Crippen LogP contribution in [0.1, 0.15) is 16.8 Å². The molecule has 1 fully saturated rings. The summed E-state index contributed by atoms with van der Waals surface area (Å²) in [5.74, 6) is 1.08. The topological polar surface area (TPSA) is 94.3 Å². The second kappa shape index (κ2) is 8.57. The molecule has 2 amide bonds. The highest BCUT2D eigenvalue weighted by Crippen LogP contribution is 2.40. The molecule has 2 N–H and O–H groups in total. The number of carbonyl (C=O) groups excluding carboxylic acids is 2. The van der Waals surface area contributed by atoms with E-state index in [4.69, 9.17) is 19.9 Å². The summed E-state index contributed by atoms with van der Waals surface area (Å²) >= 11 is 0. The summed E-state index contributed by atoms with van der Waals surface area (Å²) in [7, 11) is 4.50. The van der Waals surface area contributed by atoms with Gasteiger partial charge in [-0.15, -0.1) is 0 Å². The number of rotatable bonds is 6. The minimum Gasteiger partial charge on any atom is -0.493 e. The van der Waals surface area contributed by atoms with Gasteiger partial charge in [0.15, 0.2) is 11.5 Å². The number of nitrogens with zero attached hydrogens (tertiary/aromatic N) is 2. The molecule has 1 aliphatic heterocycles. The first-order chi connectivity index (χ1) is 12.1. The molecule has 0 spiro atoms. The fraction of sp³-hybridized carbons (Fsp3) is 0.529. The smallest absolute Gasteiger partial charge is 0.257 e. The van der Waals surface area contributed by atoms with E-state index in [1.54, 1.807) is 21.9 Å². The summed E-state index contributed by atoms with van der Waals surface area (Å²) in [6.07, 6.45) is 0.331. The Morgan fingerprint density at radius 1 is 0.960 bits per heavy atom.